The summed E-state index contributed by atoms with van der Waals surface area (Å²) in [6.45, 7) is 0.790. The van der Waals surface area contributed by atoms with Gasteiger partial charge in [-0.3, -0.25) is 9.36 Å². The smallest absolute Gasteiger partial charge is 0.331 e. The van der Waals surface area contributed by atoms with E-state index in [1.165, 1.54) is 15.8 Å². The van der Waals surface area contributed by atoms with E-state index < -0.39 is 0 Å². The lowest BCUT2D eigenvalue weighted by Crippen LogP contribution is -2.42. The van der Waals surface area contributed by atoms with E-state index in [0.29, 0.717) is 6.04 Å². The van der Waals surface area contributed by atoms with E-state index in [4.69, 9.17) is 0 Å². The molecule has 2 aliphatic carbocycles. The number of rotatable bonds is 4. The summed E-state index contributed by atoms with van der Waals surface area (Å²) in [5, 5.41) is 4.52. The van der Waals surface area contributed by atoms with Crippen molar-refractivity contribution < 1.29 is 4.79 Å². The van der Waals surface area contributed by atoms with Crippen molar-refractivity contribution in [1.82, 2.24) is 19.2 Å². The van der Waals surface area contributed by atoms with Crippen LogP contribution in [0.3, 0.4) is 0 Å². The monoisotopic (exact) mass is 380 g/mol. The average molecular weight is 380 g/mol. The van der Waals surface area contributed by atoms with Gasteiger partial charge in [-0.25, -0.2) is 9.48 Å². The summed E-state index contributed by atoms with van der Waals surface area (Å²) >= 11 is 0. The Labute approximate surface area is 165 Å². The molecular formula is C22H28N4O2. The number of carbonyl (C=O) groups excluding carboxylic acids is 1. The second kappa shape index (κ2) is 7.22. The van der Waals surface area contributed by atoms with Crippen molar-refractivity contribution in [2.24, 2.45) is 0 Å². The fourth-order valence-corrected chi connectivity index (χ4v) is 4.94. The molecule has 6 nitrogen and oxygen atoms in total. The van der Waals surface area contributed by atoms with Crippen LogP contribution in [0.5, 0.6) is 0 Å². The number of fused-ring (bicyclic) bond motifs is 2. The summed E-state index contributed by atoms with van der Waals surface area (Å²) < 4.78 is 3.19. The van der Waals surface area contributed by atoms with Gasteiger partial charge in [0.05, 0.1) is 6.04 Å². The highest BCUT2D eigenvalue weighted by Crippen LogP contribution is 2.40. The van der Waals surface area contributed by atoms with Crippen LogP contribution >= 0.6 is 0 Å². The Morgan fingerprint density at radius 3 is 2.79 bits per heavy atom. The SMILES string of the molecule is O=C(Cn1nc2n(c1=O)CCCCC2)N(C1CC1)C1CCCc2ccccc21. The number of carbonyl (C=O) groups is 1. The Morgan fingerprint density at radius 1 is 1.07 bits per heavy atom. The summed E-state index contributed by atoms with van der Waals surface area (Å²) in [6.07, 6.45) is 9.39. The Balaban J connectivity index is 1.42. The minimum absolute atomic E-state index is 0.0413. The zero-order valence-electron chi connectivity index (χ0n) is 16.3. The first kappa shape index (κ1) is 17.7. The predicted octanol–water partition coefficient (Wildman–Crippen LogP) is 2.84. The maximum absolute atomic E-state index is 13.4. The first-order chi connectivity index (χ1) is 13.7. The molecule has 1 fully saturated rings. The van der Waals surface area contributed by atoms with Crippen LogP contribution < -0.4 is 5.69 Å². The van der Waals surface area contributed by atoms with E-state index >= 15 is 0 Å². The minimum Gasteiger partial charge on any atom is -0.331 e. The van der Waals surface area contributed by atoms with Crippen molar-refractivity contribution in [2.45, 2.75) is 83.0 Å². The molecule has 0 bridgehead atoms. The van der Waals surface area contributed by atoms with E-state index in [9.17, 15) is 9.59 Å². The van der Waals surface area contributed by atoms with Gasteiger partial charge in [0.1, 0.15) is 12.4 Å². The highest BCUT2D eigenvalue weighted by Gasteiger charge is 2.39. The third-order valence-corrected chi connectivity index (χ3v) is 6.47. The summed E-state index contributed by atoms with van der Waals surface area (Å²) in [7, 11) is 0. The van der Waals surface area contributed by atoms with Gasteiger partial charge in [-0.2, -0.15) is 5.10 Å². The molecule has 1 aromatic carbocycles. The summed E-state index contributed by atoms with van der Waals surface area (Å²) in [6, 6.07) is 8.98. The summed E-state index contributed by atoms with van der Waals surface area (Å²) in [4.78, 5) is 28.2. The number of nitrogens with zero attached hydrogens (tertiary/aromatic N) is 4. The van der Waals surface area contributed by atoms with E-state index in [-0.39, 0.29) is 24.2 Å². The van der Waals surface area contributed by atoms with Crippen molar-refractivity contribution in [3.05, 3.63) is 51.7 Å². The molecule has 6 heteroatoms. The van der Waals surface area contributed by atoms with Crippen LogP contribution in [0.15, 0.2) is 29.1 Å². The van der Waals surface area contributed by atoms with Crippen LogP contribution in [0.1, 0.15) is 67.9 Å². The molecule has 3 aliphatic rings. The van der Waals surface area contributed by atoms with E-state index in [0.717, 1.165) is 70.2 Å². The van der Waals surface area contributed by atoms with Crippen molar-refractivity contribution >= 4 is 5.91 Å². The van der Waals surface area contributed by atoms with Crippen molar-refractivity contribution in [3.8, 4) is 0 Å². The van der Waals surface area contributed by atoms with Gasteiger partial charge in [0.15, 0.2) is 0 Å². The van der Waals surface area contributed by atoms with Gasteiger partial charge < -0.3 is 4.90 Å². The highest BCUT2D eigenvalue weighted by atomic mass is 16.2. The third-order valence-electron chi connectivity index (χ3n) is 6.47. The van der Waals surface area contributed by atoms with Gasteiger partial charge >= 0.3 is 5.69 Å². The summed E-state index contributed by atoms with van der Waals surface area (Å²) in [5.41, 5.74) is 2.54. The van der Waals surface area contributed by atoms with Crippen molar-refractivity contribution in [3.63, 3.8) is 0 Å². The molecule has 0 radical (unpaired) electrons. The Morgan fingerprint density at radius 2 is 1.93 bits per heavy atom. The van der Waals surface area contributed by atoms with E-state index in [2.05, 4.69) is 34.3 Å². The summed E-state index contributed by atoms with van der Waals surface area (Å²) in [5.74, 6) is 0.885. The largest absolute Gasteiger partial charge is 0.346 e. The lowest BCUT2D eigenvalue weighted by atomic mass is 9.86. The normalized spacial score (nSPS) is 21.5. The van der Waals surface area contributed by atoms with Gasteiger partial charge in [-0.15, -0.1) is 0 Å². The number of hydrogen-bond acceptors (Lipinski definition) is 3. The Bertz CT molecular complexity index is 940. The average Bonchev–Trinajstić information content (AvgIpc) is 3.52. The Kier molecular flexibility index (Phi) is 4.57. The van der Waals surface area contributed by atoms with Crippen LogP contribution in [0.25, 0.3) is 0 Å². The van der Waals surface area contributed by atoms with Gasteiger partial charge in [0.2, 0.25) is 5.91 Å². The first-order valence-corrected chi connectivity index (χ1v) is 10.8. The van der Waals surface area contributed by atoms with Gasteiger partial charge in [0.25, 0.3) is 0 Å². The van der Waals surface area contributed by atoms with Gasteiger partial charge in [-0.1, -0.05) is 30.7 Å². The standard InChI is InChI=1S/C22H28N4O2/c27-21(15-25-22(28)24-14-5-1-2-11-20(24)23-25)26(17-12-13-17)19-10-6-8-16-7-3-4-9-18(16)19/h3-4,7,9,17,19H,1-2,5-6,8,10-15H2. The van der Waals surface area contributed by atoms with Gasteiger partial charge in [-0.05, 0) is 56.1 Å². The Hall–Kier alpha value is -2.37. The number of aryl methyl sites for hydroxylation is 2. The predicted molar refractivity (Wildman–Crippen MR) is 106 cm³/mol. The van der Waals surface area contributed by atoms with Crippen LogP contribution in [0.2, 0.25) is 0 Å². The highest BCUT2D eigenvalue weighted by molar-refractivity contribution is 5.77. The minimum atomic E-state index is -0.120. The fourth-order valence-electron chi connectivity index (χ4n) is 4.94. The molecule has 0 spiro atoms. The number of benzene rings is 1. The zero-order valence-corrected chi connectivity index (χ0v) is 16.3. The molecule has 1 amide bonds. The lowest BCUT2D eigenvalue weighted by molar-refractivity contribution is -0.135. The molecule has 1 aromatic heterocycles. The lowest BCUT2D eigenvalue weighted by Gasteiger charge is -2.36. The molecule has 28 heavy (non-hydrogen) atoms. The number of amides is 1. The molecule has 5 rings (SSSR count). The quantitative estimate of drug-likeness (QED) is 0.819. The maximum atomic E-state index is 13.4. The molecule has 1 saturated carbocycles. The molecule has 2 heterocycles. The number of hydrogen-bond donors (Lipinski definition) is 0. The van der Waals surface area contributed by atoms with Crippen molar-refractivity contribution in [1.29, 1.82) is 0 Å². The first-order valence-electron chi connectivity index (χ1n) is 10.8. The second-order valence-corrected chi connectivity index (χ2v) is 8.46. The fraction of sp³-hybridized carbons (Fsp3) is 0.591. The molecule has 1 aliphatic heterocycles. The van der Waals surface area contributed by atoms with E-state index in [1.807, 2.05) is 0 Å². The molecule has 0 N–H and O–H groups in total. The molecular weight excluding hydrogens is 352 g/mol. The maximum Gasteiger partial charge on any atom is 0.346 e. The van der Waals surface area contributed by atoms with Crippen LogP contribution in [-0.2, 0) is 30.7 Å². The molecule has 0 saturated heterocycles. The zero-order chi connectivity index (χ0) is 19.1. The molecule has 1 atom stereocenters. The van der Waals surface area contributed by atoms with Crippen LogP contribution in [0, 0.1) is 0 Å². The van der Waals surface area contributed by atoms with Crippen LogP contribution in [-0.4, -0.2) is 31.2 Å². The van der Waals surface area contributed by atoms with Crippen molar-refractivity contribution in [2.75, 3.05) is 0 Å². The molecule has 2 aromatic rings. The van der Waals surface area contributed by atoms with Crippen LogP contribution in [0.4, 0.5) is 0 Å². The van der Waals surface area contributed by atoms with Gasteiger partial charge in [0, 0.05) is 19.0 Å². The topological polar surface area (TPSA) is 60.1 Å². The third kappa shape index (κ3) is 3.19. The van der Waals surface area contributed by atoms with E-state index in [1.54, 1.807) is 4.57 Å². The molecule has 1 unspecified atom stereocenters. The molecule has 148 valence electrons. The second-order valence-electron chi connectivity index (χ2n) is 8.46. The number of aromatic nitrogens is 3.